The van der Waals surface area contributed by atoms with Crippen molar-refractivity contribution in [2.45, 2.75) is 19.4 Å². The summed E-state index contributed by atoms with van der Waals surface area (Å²) < 4.78 is 0. The fourth-order valence-corrected chi connectivity index (χ4v) is 3.48. The second-order valence-corrected chi connectivity index (χ2v) is 7.00. The molecule has 0 heterocycles. The normalized spacial score (nSPS) is 10.7. The average molecular weight is 365 g/mol. The van der Waals surface area contributed by atoms with Crippen LogP contribution in [0.1, 0.15) is 27.0 Å². The number of fused-ring (bicyclic) bond motifs is 1. The molecule has 0 aliphatic carbocycles. The summed E-state index contributed by atoms with van der Waals surface area (Å²) in [7, 11) is 0. The van der Waals surface area contributed by atoms with E-state index in [2.05, 4.69) is 66.0 Å². The lowest BCUT2D eigenvalue weighted by molar-refractivity contribution is 0.0951. The highest BCUT2D eigenvalue weighted by Crippen LogP contribution is 2.18. The number of carbonyl (C=O) groups is 1. The Bertz CT molecular complexity index is 1060. The number of carbonyl (C=O) groups excluding carboxylic acids is 1. The molecule has 4 aromatic rings. The lowest BCUT2D eigenvalue weighted by Crippen LogP contribution is -2.22. The third-order valence-corrected chi connectivity index (χ3v) is 5.08. The fourth-order valence-electron chi connectivity index (χ4n) is 3.48. The number of aryl methyl sites for hydroxylation is 2. The number of benzene rings is 4. The molecule has 0 bridgehead atoms. The smallest absolute Gasteiger partial charge is 0.251 e. The van der Waals surface area contributed by atoms with Gasteiger partial charge in [-0.25, -0.2) is 0 Å². The molecule has 0 saturated heterocycles. The second-order valence-electron chi connectivity index (χ2n) is 7.00. The van der Waals surface area contributed by atoms with Gasteiger partial charge in [-0.15, -0.1) is 0 Å². The Labute approximate surface area is 165 Å². The molecule has 1 N–H and O–H groups in total. The van der Waals surface area contributed by atoms with Gasteiger partial charge in [-0.2, -0.15) is 0 Å². The Balaban J connectivity index is 1.37. The number of rotatable bonds is 6. The van der Waals surface area contributed by atoms with Crippen molar-refractivity contribution in [2.75, 3.05) is 0 Å². The van der Waals surface area contributed by atoms with E-state index in [1.807, 2.05) is 36.4 Å². The minimum atomic E-state index is -0.0393. The summed E-state index contributed by atoms with van der Waals surface area (Å²) in [5, 5.41) is 5.42. The third-order valence-electron chi connectivity index (χ3n) is 5.08. The number of amides is 1. The Morgan fingerprint density at radius 2 is 1.29 bits per heavy atom. The highest BCUT2D eigenvalue weighted by molar-refractivity contribution is 5.94. The van der Waals surface area contributed by atoms with Gasteiger partial charge < -0.3 is 5.32 Å². The van der Waals surface area contributed by atoms with Crippen molar-refractivity contribution < 1.29 is 4.79 Å². The van der Waals surface area contributed by atoms with E-state index in [9.17, 15) is 4.79 Å². The van der Waals surface area contributed by atoms with Crippen LogP contribution in [0.4, 0.5) is 0 Å². The Hall–Kier alpha value is -3.39. The maximum atomic E-state index is 12.5. The van der Waals surface area contributed by atoms with Crippen molar-refractivity contribution in [1.29, 1.82) is 0 Å². The van der Waals surface area contributed by atoms with E-state index in [0.29, 0.717) is 12.1 Å². The molecule has 0 saturated carbocycles. The topological polar surface area (TPSA) is 29.1 Å². The van der Waals surface area contributed by atoms with Crippen LogP contribution >= 0.6 is 0 Å². The van der Waals surface area contributed by atoms with Crippen LogP contribution in [0.25, 0.3) is 10.8 Å². The molecule has 2 nitrogen and oxygen atoms in total. The number of hydrogen-bond donors (Lipinski definition) is 1. The molecule has 0 aliphatic heterocycles. The predicted octanol–water partition coefficient (Wildman–Crippen LogP) is 5.56. The van der Waals surface area contributed by atoms with Crippen LogP contribution in [0.2, 0.25) is 0 Å². The van der Waals surface area contributed by atoms with E-state index < -0.39 is 0 Å². The van der Waals surface area contributed by atoms with Crippen molar-refractivity contribution >= 4 is 16.7 Å². The maximum Gasteiger partial charge on any atom is 0.251 e. The maximum absolute atomic E-state index is 12.5. The van der Waals surface area contributed by atoms with E-state index in [1.54, 1.807) is 0 Å². The van der Waals surface area contributed by atoms with E-state index in [0.717, 1.165) is 18.4 Å². The standard InChI is InChI=1S/C26H23NO/c28-26(27-19-24-11-6-10-22-9-4-5-12-25(22)24)23-17-15-21(16-18-23)14-13-20-7-2-1-3-8-20/h1-12,15-18H,13-14,19H2,(H,27,28). The minimum Gasteiger partial charge on any atom is -0.348 e. The van der Waals surface area contributed by atoms with Crippen molar-refractivity contribution in [3.05, 3.63) is 119 Å². The Morgan fingerprint density at radius 3 is 2.07 bits per heavy atom. The molecule has 2 heteroatoms. The zero-order valence-corrected chi connectivity index (χ0v) is 15.8. The third kappa shape index (κ3) is 4.29. The Morgan fingerprint density at radius 1 is 0.643 bits per heavy atom. The van der Waals surface area contributed by atoms with Gasteiger partial charge >= 0.3 is 0 Å². The molecular weight excluding hydrogens is 342 g/mol. The van der Waals surface area contributed by atoms with Crippen molar-refractivity contribution in [1.82, 2.24) is 5.32 Å². The van der Waals surface area contributed by atoms with E-state index in [-0.39, 0.29) is 5.91 Å². The van der Waals surface area contributed by atoms with Crippen LogP contribution in [0.3, 0.4) is 0 Å². The van der Waals surface area contributed by atoms with Crippen molar-refractivity contribution in [3.63, 3.8) is 0 Å². The van der Waals surface area contributed by atoms with Crippen LogP contribution in [-0.2, 0) is 19.4 Å². The first kappa shape index (κ1) is 18.0. The molecule has 0 aliphatic rings. The molecule has 28 heavy (non-hydrogen) atoms. The van der Waals surface area contributed by atoms with Crippen LogP contribution in [-0.4, -0.2) is 5.91 Å². The van der Waals surface area contributed by atoms with E-state index >= 15 is 0 Å². The van der Waals surface area contributed by atoms with E-state index in [4.69, 9.17) is 0 Å². The van der Waals surface area contributed by atoms with Crippen LogP contribution < -0.4 is 5.32 Å². The first-order valence-corrected chi connectivity index (χ1v) is 9.67. The first-order chi connectivity index (χ1) is 13.8. The molecular formula is C26H23NO. The summed E-state index contributed by atoms with van der Waals surface area (Å²) in [5.74, 6) is -0.0393. The molecule has 0 atom stereocenters. The number of nitrogens with one attached hydrogen (secondary N) is 1. The van der Waals surface area contributed by atoms with Crippen LogP contribution in [0.15, 0.2) is 97.1 Å². The molecule has 0 fully saturated rings. The summed E-state index contributed by atoms with van der Waals surface area (Å²) in [6.07, 6.45) is 1.98. The minimum absolute atomic E-state index is 0.0393. The molecule has 138 valence electrons. The lowest BCUT2D eigenvalue weighted by atomic mass is 10.0. The molecule has 0 radical (unpaired) electrons. The zero-order chi connectivity index (χ0) is 19.2. The quantitative estimate of drug-likeness (QED) is 0.476. The lowest BCUT2D eigenvalue weighted by Gasteiger charge is -2.09. The summed E-state index contributed by atoms with van der Waals surface area (Å²) in [5.41, 5.74) is 4.41. The van der Waals surface area contributed by atoms with Gasteiger partial charge in [0, 0.05) is 12.1 Å². The summed E-state index contributed by atoms with van der Waals surface area (Å²) in [4.78, 5) is 12.5. The Kier molecular flexibility index (Phi) is 5.48. The zero-order valence-electron chi connectivity index (χ0n) is 15.8. The molecule has 0 aromatic heterocycles. The number of hydrogen-bond acceptors (Lipinski definition) is 1. The van der Waals surface area contributed by atoms with Gasteiger partial charge in [0.1, 0.15) is 0 Å². The summed E-state index contributed by atoms with van der Waals surface area (Å²) in [6.45, 7) is 0.524. The van der Waals surface area contributed by atoms with Gasteiger partial charge in [-0.05, 0) is 52.4 Å². The van der Waals surface area contributed by atoms with Crippen LogP contribution in [0.5, 0.6) is 0 Å². The van der Waals surface area contributed by atoms with Gasteiger partial charge in [0.2, 0.25) is 0 Å². The van der Waals surface area contributed by atoms with Crippen molar-refractivity contribution in [2.24, 2.45) is 0 Å². The monoisotopic (exact) mass is 365 g/mol. The van der Waals surface area contributed by atoms with Gasteiger partial charge in [0.25, 0.3) is 5.91 Å². The van der Waals surface area contributed by atoms with Gasteiger partial charge in [0.05, 0.1) is 0 Å². The highest BCUT2D eigenvalue weighted by atomic mass is 16.1. The average Bonchev–Trinajstić information content (AvgIpc) is 2.77. The van der Waals surface area contributed by atoms with Gasteiger partial charge in [0.15, 0.2) is 0 Å². The molecule has 0 unspecified atom stereocenters. The predicted molar refractivity (Wildman–Crippen MR) is 115 cm³/mol. The fraction of sp³-hybridized carbons (Fsp3) is 0.115. The summed E-state index contributed by atoms with van der Waals surface area (Å²) in [6, 6.07) is 32.8. The van der Waals surface area contributed by atoms with Crippen molar-refractivity contribution in [3.8, 4) is 0 Å². The summed E-state index contributed by atoms with van der Waals surface area (Å²) >= 11 is 0. The van der Waals surface area contributed by atoms with E-state index in [1.165, 1.54) is 21.9 Å². The largest absolute Gasteiger partial charge is 0.348 e. The van der Waals surface area contributed by atoms with Gasteiger partial charge in [-0.3, -0.25) is 4.79 Å². The molecule has 0 spiro atoms. The molecule has 4 rings (SSSR count). The van der Waals surface area contributed by atoms with Gasteiger partial charge in [-0.1, -0.05) is 84.9 Å². The first-order valence-electron chi connectivity index (χ1n) is 9.67. The SMILES string of the molecule is O=C(NCc1cccc2ccccc12)c1ccc(CCc2ccccc2)cc1. The molecule has 4 aromatic carbocycles. The van der Waals surface area contributed by atoms with Crippen LogP contribution in [0, 0.1) is 0 Å². The second kappa shape index (κ2) is 8.53. The molecule has 1 amide bonds. The highest BCUT2D eigenvalue weighted by Gasteiger charge is 2.07.